The minimum atomic E-state index is -2.06. The number of hydrogen-bond donors (Lipinski definition) is 2. The number of nitrogens with one attached hydrogen (secondary N) is 1. The topological polar surface area (TPSA) is 142 Å². The van der Waals surface area contributed by atoms with Gasteiger partial charge in [0.2, 0.25) is 17.5 Å². The summed E-state index contributed by atoms with van der Waals surface area (Å²) in [7, 11) is 1.70. The van der Waals surface area contributed by atoms with E-state index < -0.39 is 50.0 Å². The minimum absolute atomic E-state index is 0.0248. The van der Waals surface area contributed by atoms with E-state index in [9.17, 15) is 32.3 Å². The van der Waals surface area contributed by atoms with E-state index in [0.29, 0.717) is 55.2 Å². The summed E-state index contributed by atoms with van der Waals surface area (Å²) < 4.78 is 58.3. The van der Waals surface area contributed by atoms with Crippen LogP contribution in [0, 0.1) is 23.7 Å². The molecule has 0 unspecified atom stereocenters. The van der Waals surface area contributed by atoms with E-state index in [0.717, 1.165) is 25.7 Å². The Kier molecular flexibility index (Phi) is 9.91. The molecule has 3 N–H and O–H groups in total. The van der Waals surface area contributed by atoms with Gasteiger partial charge >= 0.3 is 12.1 Å². The van der Waals surface area contributed by atoms with Crippen molar-refractivity contribution in [2.75, 3.05) is 39.0 Å². The lowest BCUT2D eigenvalue weighted by atomic mass is 9.75. The SMILES string of the molecule is CO[C@H]1CC[C@H]([C@@H]2CCN(C(=O)[C@H]3CC[C@H]([C@@H](CF)OC(N)=O)CC3)[C@@H]2C(=O)Nc2ccc3c(c2)cc2n3C(CF)(CF)OC2=O)CC1. The van der Waals surface area contributed by atoms with Gasteiger partial charge in [0.05, 0.1) is 11.6 Å². The molecule has 1 aromatic heterocycles. The quantitative estimate of drug-likeness (QED) is 0.337. The number of anilines is 1. The van der Waals surface area contributed by atoms with E-state index in [4.69, 9.17) is 19.9 Å². The molecule has 2 saturated carbocycles. The molecular weight excluding hydrogens is 633 g/mol. The number of carbonyl (C=O) groups is 4. The highest BCUT2D eigenvalue weighted by Gasteiger charge is 2.49. The number of nitrogens with zero attached hydrogens (tertiary/aromatic N) is 2. The van der Waals surface area contributed by atoms with Gasteiger partial charge in [-0.3, -0.25) is 14.2 Å². The zero-order valence-corrected chi connectivity index (χ0v) is 27.0. The lowest BCUT2D eigenvalue weighted by Crippen LogP contribution is -2.50. The van der Waals surface area contributed by atoms with Crippen LogP contribution in [0.5, 0.6) is 0 Å². The van der Waals surface area contributed by atoms with Crippen molar-refractivity contribution in [1.82, 2.24) is 9.47 Å². The Bertz CT molecular complexity index is 1530. The number of halogens is 3. The molecule has 1 saturated heterocycles. The van der Waals surface area contributed by atoms with Crippen molar-refractivity contribution >= 4 is 40.5 Å². The van der Waals surface area contributed by atoms with Crippen LogP contribution in [0.25, 0.3) is 10.9 Å². The van der Waals surface area contributed by atoms with Gasteiger partial charge in [-0.15, -0.1) is 0 Å². The van der Waals surface area contributed by atoms with E-state index >= 15 is 0 Å². The Labute approximate surface area is 276 Å². The Hall–Kier alpha value is -3.81. The number of hydrogen-bond acceptors (Lipinski definition) is 7. The minimum Gasteiger partial charge on any atom is -0.443 e. The molecule has 1 aromatic carbocycles. The van der Waals surface area contributed by atoms with Gasteiger partial charge in [0.1, 0.15) is 24.5 Å². The maximum atomic E-state index is 14.2. The van der Waals surface area contributed by atoms with Crippen LogP contribution in [0.3, 0.4) is 0 Å². The number of rotatable bonds is 10. The van der Waals surface area contributed by atoms with Crippen LogP contribution in [0.15, 0.2) is 24.3 Å². The second-order valence-electron chi connectivity index (χ2n) is 13.7. The van der Waals surface area contributed by atoms with Crippen molar-refractivity contribution in [2.45, 2.75) is 81.8 Å². The second-order valence-corrected chi connectivity index (χ2v) is 13.7. The summed E-state index contributed by atoms with van der Waals surface area (Å²) in [5.41, 5.74) is 3.89. The average molecular weight is 677 g/mol. The number of methoxy groups -OCH3 is 1. The van der Waals surface area contributed by atoms with E-state index in [1.54, 1.807) is 30.2 Å². The number of alkyl halides is 3. The van der Waals surface area contributed by atoms with Crippen LogP contribution >= 0.6 is 0 Å². The molecule has 0 radical (unpaired) electrons. The van der Waals surface area contributed by atoms with Gasteiger partial charge in [0, 0.05) is 30.6 Å². The monoisotopic (exact) mass is 676 g/mol. The molecule has 0 spiro atoms. The first-order chi connectivity index (χ1) is 23.1. The lowest BCUT2D eigenvalue weighted by Gasteiger charge is -2.37. The molecule has 2 aromatic rings. The molecule has 6 rings (SSSR count). The molecule has 3 atom stereocenters. The number of cyclic esters (lactones) is 1. The average Bonchev–Trinajstić information content (AvgIpc) is 3.79. The first kappa shape index (κ1) is 34.1. The maximum Gasteiger partial charge on any atom is 0.404 e. The van der Waals surface area contributed by atoms with Crippen LogP contribution in [0.4, 0.5) is 23.7 Å². The van der Waals surface area contributed by atoms with Gasteiger partial charge in [0.25, 0.3) is 0 Å². The summed E-state index contributed by atoms with van der Waals surface area (Å²) in [6.07, 6.45) is 4.37. The zero-order chi connectivity index (χ0) is 34.2. The number of aromatic nitrogens is 1. The molecule has 11 nitrogen and oxygen atoms in total. The van der Waals surface area contributed by atoms with Crippen molar-refractivity contribution in [2.24, 2.45) is 29.4 Å². The highest BCUT2D eigenvalue weighted by Crippen LogP contribution is 2.43. The van der Waals surface area contributed by atoms with Crippen molar-refractivity contribution in [3.63, 3.8) is 0 Å². The highest BCUT2D eigenvalue weighted by molar-refractivity contribution is 6.02. The molecule has 2 aliphatic heterocycles. The maximum absolute atomic E-state index is 14.2. The molecule has 2 aliphatic carbocycles. The number of esters is 1. The van der Waals surface area contributed by atoms with Gasteiger partial charge < -0.3 is 30.2 Å². The number of likely N-dealkylation sites (tertiary alicyclic amines) is 1. The molecule has 0 bridgehead atoms. The summed E-state index contributed by atoms with van der Waals surface area (Å²) in [5, 5.41) is 3.50. The standard InChI is InChI=1S/C34H43F3N4O7/c1-46-24-9-6-19(7-10-24)25-12-13-40(31(43)21-4-2-20(3-5-21)28(16-35)47-33(38)45)29(25)30(42)39-23-8-11-26-22(14-23)15-27-32(44)48-34(17-36,18-37)41(26)27/h8,11,14-15,19-21,24-25,28-29H,2-7,9-10,12-13,16-18H2,1H3,(H2,38,45)(H,39,42)/t19-,20-,21-,24-,25-,28+,29-/m0/s1. The summed E-state index contributed by atoms with van der Waals surface area (Å²) in [6.45, 7) is -2.88. The zero-order valence-electron chi connectivity index (χ0n) is 27.0. The number of amides is 3. The van der Waals surface area contributed by atoms with Gasteiger partial charge in [0.15, 0.2) is 13.3 Å². The fraction of sp³-hybridized carbons (Fsp3) is 0.647. The van der Waals surface area contributed by atoms with Gasteiger partial charge in [-0.2, -0.15) is 0 Å². The number of benzene rings is 1. The first-order valence-corrected chi connectivity index (χ1v) is 16.8. The largest absolute Gasteiger partial charge is 0.443 e. The molecule has 3 amide bonds. The van der Waals surface area contributed by atoms with Crippen molar-refractivity contribution in [3.8, 4) is 0 Å². The predicted octanol–water partition coefficient (Wildman–Crippen LogP) is 5.00. The van der Waals surface area contributed by atoms with Crippen LogP contribution in [-0.4, -0.2) is 85.3 Å². The summed E-state index contributed by atoms with van der Waals surface area (Å²) >= 11 is 0. The van der Waals surface area contributed by atoms with E-state index in [-0.39, 0.29) is 47.3 Å². The second kappa shape index (κ2) is 14.0. The van der Waals surface area contributed by atoms with E-state index in [1.165, 1.54) is 10.6 Å². The molecule has 3 heterocycles. The van der Waals surface area contributed by atoms with Crippen LogP contribution in [-0.2, 0) is 29.5 Å². The smallest absolute Gasteiger partial charge is 0.404 e. The van der Waals surface area contributed by atoms with Crippen molar-refractivity contribution in [3.05, 3.63) is 30.0 Å². The number of ether oxygens (including phenoxy) is 3. The summed E-state index contributed by atoms with van der Waals surface area (Å²) in [6, 6.07) is 5.60. The lowest BCUT2D eigenvalue weighted by molar-refractivity contribution is -0.142. The van der Waals surface area contributed by atoms with Crippen LogP contribution in [0.1, 0.15) is 68.3 Å². The normalized spacial score (nSPS) is 28.9. The highest BCUT2D eigenvalue weighted by atomic mass is 19.1. The molecule has 4 aliphatic rings. The Morgan fingerprint density at radius 3 is 2.35 bits per heavy atom. The fourth-order valence-corrected chi connectivity index (χ4v) is 8.60. The van der Waals surface area contributed by atoms with Gasteiger partial charge in [-0.05, 0) is 99.8 Å². The Morgan fingerprint density at radius 1 is 1.02 bits per heavy atom. The Morgan fingerprint density at radius 2 is 1.73 bits per heavy atom. The fourth-order valence-electron chi connectivity index (χ4n) is 8.60. The predicted molar refractivity (Wildman–Crippen MR) is 168 cm³/mol. The van der Waals surface area contributed by atoms with Crippen molar-refractivity contribution < 1.29 is 46.6 Å². The molecular formula is C34H43F3N4O7. The van der Waals surface area contributed by atoms with Gasteiger partial charge in [-0.1, -0.05) is 0 Å². The van der Waals surface area contributed by atoms with Gasteiger partial charge in [-0.25, -0.2) is 22.8 Å². The van der Waals surface area contributed by atoms with Crippen molar-refractivity contribution in [1.29, 1.82) is 0 Å². The number of nitrogens with two attached hydrogens (primary N) is 1. The number of carbonyl (C=O) groups excluding carboxylic acids is 4. The third kappa shape index (κ3) is 6.23. The van der Waals surface area contributed by atoms with Crippen LogP contribution in [0.2, 0.25) is 0 Å². The molecule has 262 valence electrons. The Balaban J connectivity index is 1.21. The third-order valence-corrected chi connectivity index (χ3v) is 11.1. The molecule has 14 heteroatoms. The number of fused-ring (bicyclic) bond motifs is 3. The summed E-state index contributed by atoms with van der Waals surface area (Å²) in [4.78, 5) is 53.6. The summed E-state index contributed by atoms with van der Waals surface area (Å²) in [5.74, 6) is -1.68. The number of primary amides is 1. The van der Waals surface area contributed by atoms with Crippen LogP contribution < -0.4 is 11.1 Å². The van der Waals surface area contributed by atoms with E-state index in [1.807, 2.05) is 0 Å². The third-order valence-electron chi connectivity index (χ3n) is 11.1. The van der Waals surface area contributed by atoms with E-state index in [2.05, 4.69) is 5.32 Å². The first-order valence-electron chi connectivity index (χ1n) is 16.8. The molecule has 48 heavy (non-hydrogen) atoms. The molecule has 3 fully saturated rings.